The first-order valence-corrected chi connectivity index (χ1v) is 5.89. The van der Waals surface area contributed by atoms with Crippen molar-refractivity contribution < 1.29 is 14.9 Å². The number of hydrogen-bond donors (Lipinski definition) is 4. The number of rotatable bonds is 8. The minimum Gasteiger partial charge on any atom is -0.490 e. The molecule has 0 aliphatic carbocycles. The fourth-order valence-corrected chi connectivity index (χ4v) is 1.60. The first-order chi connectivity index (χ1) is 8.67. The van der Waals surface area contributed by atoms with Crippen LogP contribution in [0.4, 0.5) is 11.4 Å². The zero-order valence-corrected chi connectivity index (χ0v) is 10.4. The second-order valence-corrected chi connectivity index (χ2v) is 3.93. The van der Waals surface area contributed by atoms with Crippen molar-refractivity contribution in [1.82, 2.24) is 4.90 Å². The van der Waals surface area contributed by atoms with Crippen LogP contribution in [0.2, 0.25) is 0 Å². The minimum atomic E-state index is 0.0595. The molecular weight excluding hydrogens is 234 g/mol. The highest BCUT2D eigenvalue weighted by Gasteiger charge is 2.05. The van der Waals surface area contributed by atoms with E-state index in [-0.39, 0.29) is 13.2 Å². The molecule has 0 saturated heterocycles. The molecular formula is C12H21N3O3. The maximum atomic E-state index is 8.86. The normalized spacial score (nSPS) is 10.8. The Bertz CT molecular complexity index is 354. The minimum absolute atomic E-state index is 0.0595. The molecule has 0 saturated carbocycles. The smallest absolute Gasteiger partial charge is 0.142 e. The van der Waals surface area contributed by atoms with E-state index in [2.05, 4.69) is 0 Å². The third-order valence-electron chi connectivity index (χ3n) is 2.53. The first kappa shape index (κ1) is 14.6. The molecule has 6 heteroatoms. The molecule has 0 aliphatic rings. The lowest BCUT2D eigenvalue weighted by molar-refractivity contribution is 0.142. The standard InChI is InChI=1S/C12H21N3O3/c13-10-1-2-12(11(14)9-10)18-8-5-15(3-6-16)4-7-17/h1-2,9,16-17H,3-8,13-14H2. The van der Waals surface area contributed by atoms with Gasteiger partial charge in [-0.1, -0.05) is 0 Å². The maximum Gasteiger partial charge on any atom is 0.142 e. The average molecular weight is 255 g/mol. The summed E-state index contributed by atoms with van der Waals surface area (Å²) in [5.74, 6) is 0.595. The van der Waals surface area contributed by atoms with Crippen LogP contribution in [0.25, 0.3) is 0 Å². The van der Waals surface area contributed by atoms with Gasteiger partial charge in [0, 0.05) is 25.3 Å². The molecule has 6 nitrogen and oxygen atoms in total. The SMILES string of the molecule is Nc1ccc(OCCN(CCO)CCO)c(N)c1. The summed E-state index contributed by atoms with van der Waals surface area (Å²) in [6.07, 6.45) is 0. The Morgan fingerprint density at radius 3 is 2.28 bits per heavy atom. The molecule has 6 N–H and O–H groups in total. The van der Waals surface area contributed by atoms with Crippen molar-refractivity contribution in [2.75, 3.05) is 50.9 Å². The van der Waals surface area contributed by atoms with Crippen LogP contribution in [0.1, 0.15) is 0 Å². The molecule has 18 heavy (non-hydrogen) atoms. The van der Waals surface area contributed by atoms with E-state index in [4.69, 9.17) is 26.4 Å². The van der Waals surface area contributed by atoms with Crippen LogP contribution in [0.3, 0.4) is 0 Å². The highest BCUT2D eigenvalue weighted by atomic mass is 16.5. The molecule has 0 spiro atoms. The summed E-state index contributed by atoms with van der Waals surface area (Å²) in [6, 6.07) is 5.10. The Hall–Kier alpha value is -1.50. The highest BCUT2D eigenvalue weighted by Crippen LogP contribution is 2.23. The predicted molar refractivity (Wildman–Crippen MR) is 71.4 cm³/mol. The fraction of sp³-hybridized carbons (Fsp3) is 0.500. The number of nitrogen functional groups attached to an aromatic ring is 2. The highest BCUT2D eigenvalue weighted by molar-refractivity contribution is 5.60. The van der Waals surface area contributed by atoms with Crippen molar-refractivity contribution in [3.8, 4) is 5.75 Å². The quantitative estimate of drug-likeness (QED) is 0.467. The van der Waals surface area contributed by atoms with Crippen molar-refractivity contribution >= 4 is 11.4 Å². The molecule has 0 amide bonds. The third-order valence-corrected chi connectivity index (χ3v) is 2.53. The third kappa shape index (κ3) is 4.79. The molecule has 0 heterocycles. The Labute approximate surface area is 107 Å². The van der Waals surface area contributed by atoms with Crippen LogP contribution in [0.5, 0.6) is 5.75 Å². The topological polar surface area (TPSA) is 105 Å². The van der Waals surface area contributed by atoms with E-state index in [1.165, 1.54) is 0 Å². The number of nitrogens with zero attached hydrogens (tertiary/aromatic N) is 1. The van der Waals surface area contributed by atoms with E-state index in [9.17, 15) is 0 Å². The largest absolute Gasteiger partial charge is 0.490 e. The molecule has 102 valence electrons. The number of aliphatic hydroxyl groups excluding tert-OH is 2. The van der Waals surface area contributed by atoms with Crippen LogP contribution < -0.4 is 16.2 Å². The van der Waals surface area contributed by atoms with E-state index in [0.29, 0.717) is 43.4 Å². The van der Waals surface area contributed by atoms with Gasteiger partial charge in [0.25, 0.3) is 0 Å². The molecule has 0 unspecified atom stereocenters. The van der Waals surface area contributed by atoms with Gasteiger partial charge in [-0.15, -0.1) is 0 Å². The average Bonchev–Trinajstić information content (AvgIpc) is 2.32. The summed E-state index contributed by atoms with van der Waals surface area (Å²) in [5.41, 5.74) is 12.4. The first-order valence-electron chi connectivity index (χ1n) is 5.89. The monoisotopic (exact) mass is 255 g/mol. The summed E-state index contributed by atoms with van der Waals surface area (Å²) in [5, 5.41) is 17.7. The molecule has 0 bridgehead atoms. The van der Waals surface area contributed by atoms with Gasteiger partial charge in [0.05, 0.1) is 18.9 Å². The number of nitrogens with two attached hydrogens (primary N) is 2. The lowest BCUT2D eigenvalue weighted by atomic mass is 10.2. The van der Waals surface area contributed by atoms with Gasteiger partial charge in [-0.2, -0.15) is 0 Å². The molecule has 0 atom stereocenters. The lowest BCUT2D eigenvalue weighted by Crippen LogP contribution is -2.33. The maximum absolute atomic E-state index is 8.86. The molecule has 1 aromatic carbocycles. The molecule has 0 aromatic heterocycles. The van der Waals surface area contributed by atoms with Gasteiger partial charge in [0.15, 0.2) is 0 Å². The molecule has 1 aromatic rings. The number of ether oxygens (including phenoxy) is 1. The van der Waals surface area contributed by atoms with E-state index in [1.54, 1.807) is 18.2 Å². The van der Waals surface area contributed by atoms with Gasteiger partial charge in [-0.05, 0) is 18.2 Å². The van der Waals surface area contributed by atoms with Gasteiger partial charge in [-0.25, -0.2) is 0 Å². The summed E-state index contributed by atoms with van der Waals surface area (Å²) in [7, 11) is 0. The molecule has 0 aliphatic heterocycles. The number of aliphatic hydroxyl groups is 2. The van der Waals surface area contributed by atoms with Crippen LogP contribution in [0.15, 0.2) is 18.2 Å². The van der Waals surface area contributed by atoms with Crippen molar-refractivity contribution in [1.29, 1.82) is 0 Å². The van der Waals surface area contributed by atoms with Crippen molar-refractivity contribution in [2.45, 2.75) is 0 Å². The van der Waals surface area contributed by atoms with E-state index >= 15 is 0 Å². The summed E-state index contributed by atoms with van der Waals surface area (Å²) in [4.78, 5) is 1.91. The van der Waals surface area contributed by atoms with E-state index in [1.807, 2.05) is 4.90 Å². The van der Waals surface area contributed by atoms with Crippen LogP contribution in [0, 0.1) is 0 Å². The van der Waals surface area contributed by atoms with Gasteiger partial charge in [-0.3, -0.25) is 4.90 Å². The van der Waals surface area contributed by atoms with Crippen molar-refractivity contribution in [3.05, 3.63) is 18.2 Å². The van der Waals surface area contributed by atoms with Crippen LogP contribution in [-0.2, 0) is 0 Å². The molecule has 1 rings (SSSR count). The number of anilines is 2. The van der Waals surface area contributed by atoms with Gasteiger partial charge >= 0.3 is 0 Å². The predicted octanol–water partition coefficient (Wildman–Crippen LogP) is -0.484. The van der Waals surface area contributed by atoms with Gasteiger partial charge in [0.2, 0.25) is 0 Å². The Morgan fingerprint density at radius 2 is 1.72 bits per heavy atom. The second-order valence-electron chi connectivity index (χ2n) is 3.93. The summed E-state index contributed by atoms with van der Waals surface area (Å²) >= 11 is 0. The van der Waals surface area contributed by atoms with E-state index < -0.39 is 0 Å². The second kappa shape index (κ2) is 7.75. The summed E-state index contributed by atoms with van der Waals surface area (Å²) < 4.78 is 5.53. The lowest BCUT2D eigenvalue weighted by Gasteiger charge is -2.20. The van der Waals surface area contributed by atoms with Crippen molar-refractivity contribution in [2.24, 2.45) is 0 Å². The Morgan fingerprint density at radius 1 is 1.06 bits per heavy atom. The zero-order chi connectivity index (χ0) is 13.4. The Balaban J connectivity index is 2.39. The number of hydrogen-bond acceptors (Lipinski definition) is 6. The van der Waals surface area contributed by atoms with Crippen molar-refractivity contribution in [3.63, 3.8) is 0 Å². The van der Waals surface area contributed by atoms with Gasteiger partial charge in [0.1, 0.15) is 12.4 Å². The molecule has 0 radical (unpaired) electrons. The van der Waals surface area contributed by atoms with Crippen LogP contribution >= 0.6 is 0 Å². The fourth-order valence-electron chi connectivity index (χ4n) is 1.60. The Kier molecular flexibility index (Phi) is 6.27. The van der Waals surface area contributed by atoms with E-state index in [0.717, 1.165) is 0 Å². The van der Waals surface area contributed by atoms with Gasteiger partial charge < -0.3 is 26.4 Å². The number of benzene rings is 1. The zero-order valence-electron chi connectivity index (χ0n) is 10.4. The van der Waals surface area contributed by atoms with Crippen LogP contribution in [-0.4, -0.2) is 54.6 Å². The summed E-state index contributed by atoms with van der Waals surface area (Å²) in [6.45, 7) is 2.20. The molecule has 0 fully saturated rings.